The third-order valence-corrected chi connectivity index (χ3v) is 2.30. The van der Waals surface area contributed by atoms with Crippen LogP contribution >= 0.6 is 12.6 Å². The van der Waals surface area contributed by atoms with E-state index < -0.39 is 0 Å². The number of rotatable bonds is 2. The number of hydrogen-bond donors (Lipinski definition) is 3. The summed E-state index contributed by atoms with van der Waals surface area (Å²) in [6.07, 6.45) is 0. The van der Waals surface area contributed by atoms with Gasteiger partial charge in [-0.05, 0) is 24.3 Å². The average Bonchev–Trinajstić information content (AvgIpc) is 2.31. The summed E-state index contributed by atoms with van der Waals surface area (Å²) in [5.41, 5.74) is 2.02. The minimum absolute atomic E-state index is 0.706. The Labute approximate surface area is 100 Å². The van der Waals surface area contributed by atoms with Crippen LogP contribution in [0.4, 0.5) is 11.4 Å². The zero-order chi connectivity index (χ0) is 11.2. The van der Waals surface area contributed by atoms with E-state index >= 15 is 0 Å². The van der Waals surface area contributed by atoms with E-state index in [1.165, 1.54) is 0 Å². The third-order valence-electron chi connectivity index (χ3n) is 2.07. The van der Waals surface area contributed by atoms with Crippen LogP contribution in [0, 0.1) is 0 Å². The summed E-state index contributed by atoms with van der Waals surface area (Å²) in [4.78, 5) is 3.16. The van der Waals surface area contributed by atoms with Crippen molar-refractivity contribution in [2.75, 3.05) is 5.32 Å². The van der Waals surface area contributed by atoms with Crippen LogP contribution in [0.5, 0.6) is 0 Å². The Bertz CT molecular complexity index is 466. The minimum Gasteiger partial charge on any atom is -0.235 e. The van der Waals surface area contributed by atoms with Gasteiger partial charge in [-0.3, -0.25) is 0 Å². The molecule has 0 saturated heterocycles. The molecule has 0 amide bonds. The summed E-state index contributed by atoms with van der Waals surface area (Å²) in [6, 6.07) is 19.8. The van der Waals surface area contributed by atoms with Gasteiger partial charge in [0.05, 0.1) is 0 Å². The van der Waals surface area contributed by atoms with E-state index in [2.05, 4.69) is 22.9 Å². The maximum Gasteiger partial charge on any atom is 0.311 e. The number of amidine groups is 1. The standard InChI is InChI=1S/C13H12N2S/c16-13(14-11-7-3-1-4-8-11)15-12-9-5-2-6-10-12/h1-10H,(H2,14,15,16)/p+1. The summed E-state index contributed by atoms with van der Waals surface area (Å²) in [5, 5.41) is 3.87. The van der Waals surface area contributed by atoms with Gasteiger partial charge >= 0.3 is 5.17 Å². The van der Waals surface area contributed by atoms with Gasteiger partial charge in [-0.15, -0.1) is 0 Å². The zero-order valence-electron chi connectivity index (χ0n) is 8.72. The van der Waals surface area contributed by atoms with E-state index in [-0.39, 0.29) is 0 Å². The molecule has 80 valence electrons. The fourth-order valence-corrected chi connectivity index (χ4v) is 1.61. The molecule has 0 aromatic heterocycles. The first-order chi connectivity index (χ1) is 7.84. The van der Waals surface area contributed by atoms with E-state index in [1.807, 2.05) is 60.7 Å². The van der Waals surface area contributed by atoms with Crippen molar-refractivity contribution in [1.29, 1.82) is 0 Å². The molecule has 3 heteroatoms. The molecular weight excluding hydrogens is 216 g/mol. The van der Waals surface area contributed by atoms with Gasteiger partial charge in [-0.25, -0.2) is 10.3 Å². The smallest absolute Gasteiger partial charge is 0.235 e. The Morgan fingerprint density at radius 2 is 1.44 bits per heavy atom. The van der Waals surface area contributed by atoms with Gasteiger partial charge in [0.2, 0.25) is 0 Å². The quantitative estimate of drug-likeness (QED) is 0.408. The molecule has 0 radical (unpaired) electrons. The summed E-state index contributed by atoms with van der Waals surface area (Å²) >= 11 is 4.35. The molecule has 0 atom stereocenters. The summed E-state index contributed by atoms with van der Waals surface area (Å²) in [7, 11) is 0. The van der Waals surface area contributed by atoms with Crippen LogP contribution in [-0.4, -0.2) is 5.17 Å². The highest BCUT2D eigenvalue weighted by Crippen LogP contribution is 2.04. The van der Waals surface area contributed by atoms with Gasteiger partial charge in [0, 0.05) is 0 Å². The molecule has 0 aliphatic carbocycles. The van der Waals surface area contributed by atoms with Crippen molar-refractivity contribution in [2.24, 2.45) is 0 Å². The van der Waals surface area contributed by atoms with Gasteiger partial charge in [-0.1, -0.05) is 49.0 Å². The first-order valence-corrected chi connectivity index (χ1v) is 5.49. The number of benzene rings is 2. The molecule has 0 spiro atoms. The molecule has 2 N–H and O–H groups in total. The monoisotopic (exact) mass is 229 g/mol. The van der Waals surface area contributed by atoms with Gasteiger partial charge < -0.3 is 0 Å². The van der Waals surface area contributed by atoms with Crippen molar-refractivity contribution >= 4 is 29.2 Å². The van der Waals surface area contributed by atoms with Crippen molar-refractivity contribution in [1.82, 2.24) is 0 Å². The Morgan fingerprint density at radius 1 is 0.875 bits per heavy atom. The van der Waals surface area contributed by atoms with E-state index in [9.17, 15) is 0 Å². The SMILES string of the molecule is SC(Nc1ccccc1)=[NH+]c1ccccc1. The maximum absolute atomic E-state index is 4.35. The summed E-state index contributed by atoms with van der Waals surface area (Å²) < 4.78 is 0. The van der Waals surface area contributed by atoms with Gasteiger partial charge in [0.15, 0.2) is 0 Å². The van der Waals surface area contributed by atoms with Crippen LogP contribution in [0.1, 0.15) is 0 Å². The van der Waals surface area contributed by atoms with Crippen molar-refractivity contribution < 1.29 is 4.99 Å². The predicted octanol–water partition coefficient (Wildman–Crippen LogP) is 1.80. The van der Waals surface area contributed by atoms with Crippen LogP contribution in [0.3, 0.4) is 0 Å². The number of anilines is 1. The molecule has 0 fully saturated rings. The molecule has 0 bridgehead atoms. The lowest BCUT2D eigenvalue weighted by Gasteiger charge is -1.97. The first-order valence-electron chi connectivity index (χ1n) is 5.04. The number of nitrogens with one attached hydrogen (secondary N) is 2. The lowest BCUT2D eigenvalue weighted by Crippen LogP contribution is -2.66. The van der Waals surface area contributed by atoms with E-state index in [4.69, 9.17) is 0 Å². The topological polar surface area (TPSA) is 26.0 Å². The van der Waals surface area contributed by atoms with Gasteiger partial charge in [0.1, 0.15) is 11.4 Å². The Morgan fingerprint density at radius 3 is 2.06 bits per heavy atom. The second kappa shape index (κ2) is 5.37. The van der Waals surface area contributed by atoms with Crippen LogP contribution in [0.25, 0.3) is 0 Å². The fraction of sp³-hybridized carbons (Fsp3) is 0. The molecule has 16 heavy (non-hydrogen) atoms. The van der Waals surface area contributed by atoms with Crippen LogP contribution < -0.4 is 10.3 Å². The van der Waals surface area contributed by atoms with Gasteiger partial charge in [-0.2, -0.15) is 0 Å². The summed E-state index contributed by atoms with van der Waals surface area (Å²) in [5.74, 6) is 0. The Hall–Kier alpha value is -1.74. The van der Waals surface area contributed by atoms with Crippen molar-refractivity contribution in [3.05, 3.63) is 60.7 Å². The van der Waals surface area contributed by atoms with Crippen LogP contribution in [0.2, 0.25) is 0 Å². The molecule has 2 aromatic carbocycles. The Kier molecular flexibility index (Phi) is 3.62. The number of hydrogen-bond acceptors (Lipinski definition) is 0. The minimum atomic E-state index is 0.706. The van der Waals surface area contributed by atoms with E-state index in [0.29, 0.717) is 5.17 Å². The maximum atomic E-state index is 4.35. The second-order valence-corrected chi connectivity index (χ2v) is 3.78. The van der Waals surface area contributed by atoms with Crippen LogP contribution in [-0.2, 0) is 0 Å². The lowest BCUT2D eigenvalue weighted by molar-refractivity contribution is -0.349. The van der Waals surface area contributed by atoms with Crippen molar-refractivity contribution in [3.63, 3.8) is 0 Å². The largest absolute Gasteiger partial charge is 0.311 e. The number of thiol groups is 1. The van der Waals surface area contributed by atoms with E-state index in [1.54, 1.807) is 0 Å². The lowest BCUT2D eigenvalue weighted by atomic mass is 10.3. The Balaban J connectivity index is 2.09. The third kappa shape index (κ3) is 3.14. The molecule has 2 rings (SSSR count). The molecule has 2 nitrogen and oxygen atoms in total. The van der Waals surface area contributed by atoms with E-state index in [0.717, 1.165) is 11.4 Å². The molecule has 2 aromatic rings. The fourth-order valence-electron chi connectivity index (χ4n) is 1.35. The highest BCUT2D eigenvalue weighted by molar-refractivity contribution is 7.96. The highest BCUT2D eigenvalue weighted by atomic mass is 32.1. The molecule has 0 heterocycles. The van der Waals surface area contributed by atoms with Gasteiger partial charge in [0.25, 0.3) is 0 Å². The number of para-hydroxylation sites is 2. The first kappa shape index (κ1) is 10.8. The molecule has 0 aliphatic rings. The van der Waals surface area contributed by atoms with Crippen molar-refractivity contribution in [3.8, 4) is 0 Å². The normalized spacial score (nSPS) is 11.2. The molecule has 0 saturated carbocycles. The molecule has 0 aliphatic heterocycles. The zero-order valence-corrected chi connectivity index (χ0v) is 9.62. The second-order valence-electron chi connectivity index (χ2n) is 3.33. The predicted molar refractivity (Wildman–Crippen MR) is 71.1 cm³/mol. The van der Waals surface area contributed by atoms with Crippen LogP contribution in [0.15, 0.2) is 60.7 Å². The summed E-state index contributed by atoms with van der Waals surface area (Å²) in [6.45, 7) is 0. The highest BCUT2D eigenvalue weighted by Gasteiger charge is 2.01. The molecular formula is C13H13N2S+. The molecule has 0 unspecified atom stereocenters. The van der Waals surface area contributed by atoms with Crippen molar-refractivity contribution in [2.45, 2.75) is 0 Å². The average molecular weight is 229 g/mol.